The normalized spacial score (nSPS) is 19.4. The van der Waals surface area contributed by atoms with Gasteiger partial charge in [-0.3, -0.25) is 4.79 Å². The van der Waals surface area contributed by atoms with Crippen molar-refractivity contribution in [3.8, 4) is 0 Å². The molecule has 1 aliphatic rings. The van der Waals surface area contributed by atoms with Crippen LogP contribution in [0.4, 0.5) is 0 Å². The van der Waals surface area contributed by atoms with Gasteiger partial charge in [-0.1, -0.05) is 0 Å². The van der Waals surface area contributed by atoms with Crippen LogP contribution in [-0.2, 0) is 9.53 Å². The molecule has 1 amide bonds. The standard InChI is InChI=1S/C11H22N2O3/c1-8(4-11(12)15)13-5-10(14)7-16-6-9-2-3-9/h8-10,13-14H,2-7H2,1H3,(H2,12,15). The minimum atomic E-state index is -0.519. The van der Waals surface area contributed by atoms with E-state index in [9.17, 15) is 9.90 Å². The van der Waals surface area contributed by atoms with Crippen molar-refractivity contribution in [2.24, 2.45) is 11.7 Å². The Morgan fingerprint density at radius 1 is 1.62 bits per heavy atom. The second-order valence-electron chi connectivity index (χ2n) is 4.61. The van der Waals surface area contributed by atoms with Crippen LogP contribution in [0, 0.1) is 5.92 Å². The number of aliphatic hydroxyl groups is 1. The van der Waals surface area contributed by atoms with Gasteiger partial charge in [0.2, 0.25) is 5.91 Å². The molecule has 5 nitrogen and oxygen atoms in total. The molecule has 1 rings (SSSR count). The number of nitrogens with two attached hydrogens (primary N) is 1. The van der Waals surface area contributed by atoms with Crippen molar-refractivity contribution in [3.05, 3.63) is 0 Å². The lowest BCUT2D eigenvalue weighted by atomic mass is 10.2. The fourth-order valence-corrected chi connectivity index (χ4v) is 1.43. The number of aliphatic hydroxyl groups excluding tert-OH is 1. The monoisotopic (exact) mass is 230 g/mol. The van der Waals surface area contributed by atoms with Crippen molar-refractivity contribution >= 4 is 5.91 Å². The molecule has 0 aliphatic heterocycles. The van der Waals surface area contributed by atoms with E-state index < -0.39 is 6.10 Å². The second-order valence-corrected chi connectivity index (χ2v) is 4.61. The predicted octanol–water partition coefficient (Wildman–Crippen LogP) is -0.373. The smallest absolute Gasteiger partial charge is 0.218 e. The summed E-state index contributed by atoms with van der Waals surface area (Å²) in [5, 5.41) is 12.6. The molecule has 2 unspecified atom stereocenters. The van der Waals surface area contributed by atoms with Crippen LogP contribution in [0.25, 0.3) is 0 Å². The number of hydrogen-bond donors (Lipinski definition) is 3. The Morgan fingerprint density at radius 3 is 2.88 bits per heavy atom. The first-order valence-corrected chi connectivity index (χ1v) is 5.85. The minimum absolute atomic E-state index is 0.00409. The Bertz CT molecular complexity index is 219. The van der Waals surface area contributed by atoms with Gasteiger partial charge in [0.1, 0.15) is 0 Å². The molecule has 0 spiro atoms. The van der Waals surface area contributed by atoms with Crippen LogP contribution in [0.1, 0.15) is 26.2 Å². The van der Waals surface area contributed by atoms with E-state index in [1.807, 2.05) is 6.92 Å². The van der Waals surface area contributed by atoms with E-state index in [0.717, 1.165) is 6.61 Å². The molecule has 16 heavy (non-hydrogen) atoms. The zero-order valence-electron chi connectivity index (χ0n) is 9.82. The van der Waals surface area contributed by atoms with Crippen LogP contribution >= 0.6 is 0 Å². The van der Waals surface area contributed by atoms with E-state index in [0.29, 0.717) is 19.1 Å². The molecule has 0 heterocycles. The Labute approximate surface area is 96.3 Å². The number of ether oxygens (including phenoxy) is 1. The Morgan fingerprint density at radius 2 is 2.31 bits per heavy atom. The first-order chi connectivity index (χ1) is 7.58. The fourth-order valence-electron chi connectivity index (χ4n) is 1.43. The maximum Gasteiger partial charge on any atom is 0.218 e. The Balaban J connectivity index is 1.95. The average Bonchev–Trinajstić information content (AvgIpc) is 2.97. The summed E-state index contributed by atoms with van der Waals surface area (Å²) in [6.45, 7) is 3.41. The summed E-state index contributed by atoms with van der Waals surface area (Å²) in [5.74, 6) is 0.383. The van der Waals surface area contributed by atoms with Crippen LogP contribution in [0.2, 0.25) is 0 Å². The van der Waals surface area contributed by atoms with E-state index in [1.54, 1.807) is 0 Å². The van der Waals surface area contributed by atoms with Gasteiger partial charge in [0.05, 0.1) is 12.7 Å². The molecular weight excluding hydrogens is 208 g/mol. The number of nitrogens with one attached hydrogen (secondary N) is 1. The second kappa shape index (κ2) is 6.83. The van der Waals surface area contributed by atoms with Crippen molar-refractivity contribution < 1.29 is 14.6 Å². The molecule has 4 N–H and O–H groups in total. The topological polar surface area (TPSA) is 84.6 Å². The zero-order valence-corrected chi connectivity index (χ0v) is 9.82. The van der Waals surface area contributed by atoms with Gasteiger partial charge in [-0.15, -0.1) is 0 Å². The summed E-state index contributed by atoms with van der Waals surface area (Å²) in [6.07, 6.45) is 2.28. The molecule has 2 atom stereocenters. The van der Waals surface area contributed by atoms with Gasteiger partial charge in [0.25, 0.3) is 0 Å². The van der Waals surface area contributed by atoms with Gasteiger partial charge in [0.15, 0.2) is 0 Å². The van der Waals surface area contributed by atoms with Gasteiger partial charge in [-0.2, -0.15) is 0 Å². The Hall–Kier alpha value is -0.650. The summed E-state index contributed by atoms with van der Waals surface area (Å²) in [5.41, 5.74) is 5.05. The molecule has 1 saturated carbocycles. The summed E-state index contributed by atoms with van der Waals surface area (Å²) >= 11 is 0. The molecule has 0 bridgehead atoms. The number of carbonyl (C=O) groups is 1. The highest BCUT2D eigenvalue weighted by atomic mass is 16.5. The van der Waals surface area contributed by atoms with E-state index in [4.69, 9.17) is 10.5 Å². The van der Waals surface area contributed by atoms with Gasteiger partial charge >= 0.3 is 0 Å². The predicted molar refractivity (Wildman–Crippen MR) is 60.8 cm³/mol. The molecular formula is C11H22N2O3. The van der Waals surface area contributed by atoms with E-state index in [2.05, 4.69) is 5.32 Å². The lowest BCUT2D eigenvalue weighted by Gasteiger charge is -2.16. The maximum absolute atomic E-state index is 10.6. The summed E-state index contributed by atoms with van der Waals surface area (Å²) in [4.78, 5) is 10.6. The van der Waals surface area contributed by atoms with Crippen LogP contribution in [0.15, 0.2) is 0 Å². The molecule has 0 aromatic carbocycles. The van der Waals surface area contributed by atoms with Gasteiger partial charge in [-0.25, -0.2) is 0 Å². The van der Waals surface area contributed by atoms with E-state index in [-0.39, 0.29) is 18.4 Å². The van der Waals surface area contributed by atoms with Crippen LogP contribution < -0.4 is 11.1 Å². The number of hydrogen-bond acceptors (Lipinski definition) is 4. The quantitative estimate of drug-likeness (QED) is 0.504. The molecule has 94 valence electrons. The van der Waals surface area contributed by atoms with Crippen molar-refractivity contribution in [1.29, 1.82) is 0 Å². The first kappa shape index (κ1) is 13.4. The summed E-state index contributed by atoms with van der Waals surface area (Å²) < 4.78 is 5.35. The number of primary amides is 1. The van der Waals surface area contributed by atoms with Crippen LogP contribution in [0.3, 0.4) is 0 Å². The summed E-state index contributed by atoms with van der Waals surface area (Å²) in [7, 11) is 0. The highest BCUT2D eigenvalue weighted by molar-refractivity contribution is 5.74. The van der Waals surface area contributed by atoms with Gasteiger partial charge < -0.3 is 20.9 Å². The fraction of sp³-hybridized carbons (Fsp3) is 0.909. The van der Waals surface area contributed by atoms with Crippen molar-refractivity contribution in [2.45, 2.75) is 38.3 Å². The largest absolute Gasteiger partial charge is 0.389 e. The van der Waals surface area contributed by atoms with Gasteiger partial charge in [-0.05, 0) is 25.7 Å². The van der Waals surface area contributed by atoms with Crippen molar-refractivity contribution in [2.75, 3.05) is 19.8 Å². The lowest BCUT2D eigenvalue weighted by Crippen LogP contribution is -2.38. The molecule has 0 aromatic heterocycles. The maximum atomic E-state index is 10.6. The third-order valence-corrected chi connectivity index (χ3v) is 2.57. The van der Waals surface area contributed by atoms with Crippen LogP contribution in [-0.4, -0.2) is 42.9 Å². The zero-order chi connectivity index (χ0) is 12.0. The SMILES string of the molecule is CC(CC(N)=O)NCC(O)COCC1CC1. The minimum Gasteiger partial charge on any atom is -0.389 e. The number of carbonyl (C=O) groups excluding carboxylic acids is 1. The summed E-state index contributed by atoms with van der Waals surface area (Å²) in [6, 6.07) is -0.00409. The third-order valence-electron chi connectivity index (χ3n) is 2.57. The van der Waals surface area contributed by atoms with Crippen molar-refractivity contribution in [3.63, 3.8) is 0 Å². The molecule has 1 aliphatic carbocycles. The molecule has 0 aromatic rings. The number of amides is 1. The van der Waals surface area contributed by atoms with Crippen molar-refractivity contribution in [1.82, 2.24) is 5.32 Å². The molecule has 5 heteroatoms. The molecule has 0 radical (unpaired) electrons. The lowest BCUT2D eigenvalue weighted by molar-refractivity contribution is -0.118. The van der Waals surface area contributed by atoms with Crippen LogP contribution in [0.5, 0.6) is 0 Å². The third kappa shape index (κ3) is 6.76. The first-order valence-electron chi connectivity index (χ1n) is 5.85. The number of rotatable bonds is 9. The Kier molecular flexibility index (Phi) is 5.73. The molecule has 0 saturated heterocycles. The average molecular weight is 230 g/mol. The van der Waals surface area contributed by atoms with Gasteiger partial charge in [0, 0.05) is 25.6 Å². The highest BCUT2D eigenvalue weighted by Crippen LogP contribution is 2.28. The molecule has 1 fully saturated rings. The van der Waals surface area contributed by atoms with E-state index >= 15 is 0 Å². The van der Waals surface area contributed by atoms with E-state index in [1.165, 1.54) is 12.8 Å². The highest BCUT2D eigenvalue weighted by Gasteiger charge is 2.21.